The molecular weight excluding hydrogens is 282 g/mol. The number of hydrogen-bond donors (Lipinski definition) is 2. The molecule has 3 rings (SSSR count). The summed E-state index contributed by atoms with van der Waals surface area (Å²) in [6.45, 7) is 0. The Bertz CT molecular complexity index is 676. The van der Waals surface area contributed by atoms with Crippen molar-refractivity contribution in [2.75, 3.05) is 5.32 Å². The Balaban J connectivity index is 1.70. The van der Waals surface area contributed by atoms with Crippen LogP contribution in [0.3, 0.4) is 0 Å². The van der Waals surface area contributed by atoms with Gasteiger partial charge in [0.2, 0.25) is 5.91 Å². The van der Waals surface area contributed by atoms with E-state index in [0.29, 0.717) is 24.4 Å². The summed E-state index contributed by atoms with van der Waals surface area (Å²) in [7, 11) is 1.76. The Morgan fingerprint density at radius 2 is 2.18 bits per heavy atom. The summed E-state index contributed by atoms with van der Waals surface area (Å²) in [4.78, 5) is 12.1. The fourth-order valence-electron chi connectivity index (χ4n) is 2.92. The maximum atomic E-state index is 12.1. The molecule has 1 aliphatic rings. The topological polar surface area (TPSA) is 92.9 Å². The second-order valence-electron chi connectivity index (χ2n) is 5.86. The lowest BCUT2D eigenvalue weighted by atomic mass is 9.97. The van der Waals surface area contributed by atoms with Gasteiger partial charge >= 0.3 is 0 Å². The number of amides is 1. The first-order valence-corrected chi connectivity index (χ1v) is 7.41. The van der Waals surface area contributed by atoms with E-state index in [4.69, 9.17) is 0 Å². The number of anilines is 1. The van der Waals surface area contributed by atoms with Crippen molar-refractivity contribution in [3.05, 3.63) is 24.3 Å². The van der Waals surface area contributed by atoms with E-state index in [-0.39, 0.29) is 12.3 Å². The molecule has 116 valence electrons. The maximum Gasteiger partial charge on any atom is 0.227 e. The zero-order valence-corrected chi connectivity index (χ0v) is 12.5. The number of hydrogen-bond acceptors (Lipinski definition) is 5. The number of nitrogens with one attached hydrogen (secondary N) is 1. The monoisotopic (exact) mass is 301 g/mol. The van der Waals surface area contributed by atoms with Gasteiger partial charge in [0.1, 0.15) is 0 Å². The van der Waals surface area contributed by atoms with Crippen molar-refractivity contribution in [2.24, 2.45) is 7.05 Å². The van der Waals surface area contributed by atoms with Crippen LogP contribution in [0.2, 0.25) is 0 Å². The molecule has 0 unspecified atom stereocenters. The van der Waals surface area contributed by atoms with E-state index in [0.717, 1.165) is 18.4 Å². The Morgan fingerprint density at radius 1 is 1.41 bits per heavy atom. The average Bonchev–Trinajstić information content (AvgIpc) is 3.07. The molecule has 1 aromatic heterocycles. The molecule has 0 radical (unpaired) electrons. The SMILES string of the molecule is Cn1nnnc1-c1cccc(NC(=O)CC2(O)CCCC2)c1. The zero-order chi connectivity index (χ0) is 15.6. The molecule has 22 heavy (non-hydrogen) atoms. The minimum absolute atomic E-state index is 0.142. The average molecular weight is 301 g/mol. The predicted molar refractivity (Wildman–Crippen MR) is 80.9 cm³/mol. The summed E-state index contributed by atoms with van der Waals surface area (Å²) < 4.78 is 1.57. The molecule has 7 nitrogen and oxygen atoms in total. The number of aromatic nitrogens is 4. The lowest BCUT2D eigenvalue weighted by Crippen LogP contribution is -2.30. The smallest absolute Gasteiger partial charge is 0.227 e. The highest BCUT2D eigenvalue weighted by atomic mass is 16.3. The van der Waals surface area contributed by atoms with Gasteiger partial charge in [0.05, 0.1) is 12.0 Å². The third kappa shape index (κ3) is 3.14. The van der Waals surface area contributed by atoms with Crippen molar-refractivity contribution in [2.45, 2.75) is 37.7 Å². The van der Waals surface area contributed by atoms with Crippen LogP contribution in [-0.4, -0.2) is 36.8 Å². The molecule has 1 heterocycles. The Kier molecular flexibility index (Phi) is 3.89. The molecule has 0 spiro atoms. The van der Waals surface area contributed by atoms with Crippen LogP contribution in [0.15, 0.2) is 24.3 Å². The number of benzene rings is 1. The van der Waals surface area contributed by atoms with Gasteiger partial charge in [-0.15, -0.1) is 5.10 Å². The van der Waals surface area contributed by atoms with Crippen molar-refractivity contribution in [3.8, 4) is 11.4 Å². The maximum absolute atomic E-state index is 12.1. The third-order valence-electron chi connectivity index (χ3n) is 4.05. The van der Waals surface area contributed by atoms with Gasteiger partial charge in [0.25, 0.3) is 0 Å². The molecule has 7 heteroatoms. The minimum atomic E-state index is -0.838. The number of carbonyl (C=O) groups is 1. The van der Waals surface area contributed by atoms with Gasteiger partial charge in [-0.2, -0.15) is 0 Å². The van der Waals surface area contributed by atoms with E-state index in [2.05, 4.69) is 20.8 Å². The van der Waals surface area contributed by atoms with Gasteiger partial charge in [-0.3, -0.25) is 4.79 Å². The summed E-state index contributed by atoms with van der Waals surface area (Å²) in [6, 6.07) is 7.35. The van der Waals surface area contributed by atoms with Gasteiger partial charge < -0.3 is 10.4 Å². The molecule has 0 atom stereocenters. The highest BCUT2D eigenvalue weighted by Crippen LogP contribution is 2.32. The normalized spacial score (nSPS) is 16.6. The van der Waals surface area contributed by atoms with Gasteiger partial charge in [-0.05, 0) is 35.4 Å². The summed E-state index contributed by atoms with van der Waals surface area (Å²) in [5, 5.41) is 24.5. The van der Waals surface area contributed by atoms with Crippen LogP contribution < -0.4 is 5.32 Å². The van der Waals surface area contributed by atoms with Gasteiger partial charge in [0, 0.05) is 18.3 Å². The van der Waals surface area contributed by atoms with Crippen LogP contribution in [0.4, 0.5) is 5.69 Å². The molecule has 1 aliphatic carbocycles. The largest absolute Gasteiger partial charge is 0.389 e. The second kappa shape index (κ2) is 5.84. The molecule has 0 aliphatic heterocycles. The second-order valence-corrected chi connectivity index (χ2v) is 5.86. The van der Waals surface area contributed by atoms with Crippen molar-refractivity contribution in [1.29, 1.82) is 0 Å². The van der Waals surface area contributed by atoms with E-state index in [9.17, 15) is 9.90 Å². The van der Waals surface area contributed by atoms with Crippen molar-refractivity contribution in [1.82, 2.24) is 20.2 Å². The van der Waals surface area contributed by atoms with Crippen molar-refractivity contribution < 1.29 is 9.90 Å². The van der Waals surface area contributed by atoms with Gasteiger partial charge in [-0.25, -0.2) is 4.68 Å². The fourth-order valence-corrected chi connectivity index (χ4v) is 2.92. The van der Waals surface area contributed by atoms with Crippen LogP contribution in [-0.2, 0) is 11.8 Å². The first kappa shape index (κ1) is 14.6. The summed E-state index contributed by atoms with van der Waals surface area (Å²) in [6.07, 6.45) is 3.51. The molecular formula is C15H19N5O2. The summed E-state index contributed by atoms with van der Waals surface area (Å²) >= 11 is 0. The van der Waals surface area contributed by atoms with Gasteiger partial charge in [0.15, 0.2) is 5.82 Å². The molecule has 2 N–H and O–H groups in total. The summed E-state index contributed by atoms with van der Waals surface area (Å²) in [5.41, 5.74) is 0.659. The summed E-state index contributed by atoms with van der Waals surface area (Å²) in [5.74, 6) is 0.461. The van der Waals surface area contributed by atoms with Crippen LogP contribution in [0.25, 0.3) is 11.4 Å². The lowest BCUT2D eigenvalue weighted by Gasteiger charge is -2.21. The first-order chi connectivity index (χ1) is 10.6. The number of aryl methyl sites for hydroxylation is 1. The number of rotatable bonds is 4. The predicted octanol–water partition coefficient (Wildman–Crippen LogP) is 1.51. The molecule has 1 fully saturated rings. The van der Waals surface area contributed by atoms with Crippen LogP contribution in [0.5, 0.6) is 0 Å². The minimum Gasteiger partial charge on any atom is -0.389 e. The van der Waals surface area contributed by atoms with Crippen molar-refractivity contribution >= 4 is 11.6 Å². The lowest BCUT2D eigenvalue weighted by molar-refractivity contribution is -0.120. The number of tetrazole rings is 1. The first-order valence-electron chi connectivity index (χ1n) is 7.41. The molecule has 1 saturated carbocycles. The molecule has 2 aromatic rings. The van der Waals surface area contributed by atoms with Crippen LogP contribution in [0.1, 0.15) is 32.1 Å². The van der Waals surface area contributed by atoms with E-state index in [1.165, 1.54) is 0 Å². The van der Waals surface area contributed by atoms with E-state index in [1.807, 2.05) is 24.3 Å². The quantitative estimate of drug-likeness (QED) is 0.893. The number of carbonyl (C=O) groups excluding carboxylic acids is 1. The highest BCUT2D eigenvalue weighted by molar-refractivity contribution is 5.92. The fraction of sp³-hybridized carbons (Fsp3) is 0.467. The van der Waals surface area contributed by atoms with Crippen molar-refractivity contribution in [3.63, 3.8) is 0 Å². The van der Waals surface area contributed by atoms with Crippen LogP contribution >= 0.6 is 0 Å². The van der Waals surface area contributed by atoms with Crippen LogP contribution in [0, 0.1) is 0 Å². The molecule has 1 aromatic carbocycles. The highest BCUT2D eigenvalue weighted by Gasteiger charge is 2.33. The number of aliphatic hydroxyl groups is 1. The standard InChI is InChI=1S/C15H19N5O2/c1-20-14(17-18-19-20)11-5-4-6-12(9-11)16-13(21)10-15(22)7-2-3-8-15/h4-6,9,22H,2-3,7-8,10H2,1H3,(H,16,21). The van der Waals surface area contributed by atoms with E-state index < -0.39 is 5.60 Å². The Labute approximate surface area is 128 Å². The molecule has 1 amide bonds. The zero-order valence-electron chi connectivity index (χ0n) is 12.5. The van der Waals surface area contributed by atoms with Gasteiger partial charge in [-0.1, -0.05) is 25.0 Å². The van der Waals surface area contributed by atoms with E-state index in [1.54, 1.807) is 11.7 Å². The van der Waals surface area contributed by atoms with E-state index >= 15 is 0 Å². The third-order valence-corrected chi connectivity index (χ3v) is 4.05. The number of nitrogens with zero attached hydrogens (tertiary/aromatic N) is 4. The molecule has 0 saturated heterocycles. The molecule has 0 bridgehead atoms. The Morgan fingerprint density at radius 3 is 2.86 bits per heavy atom. The Hall–Kier alpha value is -2.28.